The summed E-state index contributed by atoms with van der Waals surface area (Å²) in [7, 11) is 0. The lowest BCUT2D eigenvalue weighted by Gasteiger charge is -2.08. The van der Waals surface area contributed by atoms with E-state index in [0.29, 0.717) is 39.5 Å². The van der Waals surface area contributed by atoms with E-state index in [4.69, 9.17) is 14.2 Å². The van der Waals surface area contributed by atoms with Crippen molar-refractivity contribution in [2.24, 2.45) is 5.10 Å². The topological polar surface area (TPSA) is 118 Å². The Labute approximate surface area is 174 Å². The molecule has 3 rings (SSSR count). The van der Waals surface area contributed by atoms with E-state index in [1.54, 1.807) is 37.3 Å². The standard InChI is InChI=1S/C19H18BrN3O6/c1-2-27-16-6-11(5-13(20)18(16)25)8-22-23-17(24)9-21-19(26)12-3-4-14-15(7-12)29-10-28-14/h3-8,25H,2,9-10H2,1H3,(H,21,26)(H,23,24). The van der Waals surface area contributed by atoms with Crippen LogP contribution in [0.5, 0.6) is 23.0 Å². The second-order valence-electron chi connectivity index (χ2n) is 5.83. The van der Waals surface area contributed by atoms with Crippen LogP contribution < -0.4 is 25.0 Å². The highest BCUT2D eigenvalue weighted by Crippen LogP contribution is 2.35. The summed E-state index contributed by atoms with van der Waals surface area (Å²) in [6, 6.07) is 7.97. The predicted molar refractivity (Wildman–Crippen MR) is 108 cm³/mol. The van der Waals surface area contributed by atoms with Gasteiger partial charge in [0.05, 0.1) is 23.8 Å². The average molecular weight is 464 g/mol. The van der Waals surface area contributed by atoms with Gasteiger partial charge in [0.2, 0.25) is 6.79 Å². The Hall–Kier alpha value is -3.27. The second kappa shape index (κ2) is 9.28. The molecule has 0 spiro atoms. The van der Waals surface area contributed by atoms with Crippen LogP contribution >= 0.6 is 15.9 Å². The van der Waals surface area contributed by atoms with Crippen molar-refractivity contribution in [2.45, 2.75) is 6.92 Å². The van der Waals surface area contributed by atoms with E-state index in [0.717, 1.165) is 0 Å². The van der Waals surface area contributed by atoms with E-state index in [1.807, 2.05) is 0 Å². The molecule has 1 heterocycles. The van der Waals surface area contributed by atoms with Crippen molar-refractivity contribution in [3.8, 4) is 23.0 Å². The number of carbonyl (C=O) groups is 2. The number of hydrogen-bond acceptors (Lipinski definition) is 7. The highest BCUT2D eigenvalue weighted by atomic mass is 79.9. The maximum absolute atomic E-state index is 12.1. The van der Waals surface area contributed by atoms with E-state index in [9.17, 15) is 14.7 Å². The van der Waals surface area contributed by atoms with Crippen molar-refractivity contribution in [1.29, 1.82) is 0 Å². The third-order valence-electron chi connectivity index (χ3n) is 3.80. The zero-order valence-corrected chi connectivity index (χ0v) is 17.0. The van der Waals surface area contributed by atoms with E-state index in [-0.39, 0.29) is 19.1 Å². The molecule has 0 radical (unpaired) electrons. The number of amides is 2. The zero-order chi connectivity index (χ0) is 20.8. The molecule has 1 aliphatic rings. The maximum Gasteiger partial charge on any atom is 0.259 e. The Balaban J connectivity index is 1.51. The quantitative estimate of drug-likeness (QED) is 0.427. The van der Waals surface area contributed by atoms with Gasteiger partial charge in [-0.15, -0.1) is 0 Å². The fourth-order valence-corrected chi connectivity index (χ4v) is 2.91. The fraction of sp³-hybridized carbons (Fsp3) is 0.211. The molecule has 2 aromatic rings. The number of fused-ring (bicyclic) bond motifs is 1. The number of nitrogens with zero attached hydrogens (tertiary/aromatic N) is 1. The maximum atomic E-state index is 12.1. The largest absolute Gasteiger partial charge is 0.503 e. The van der Waals surface area contributed by atoms with E-state index < -0.39 is 11.8 Å². The van der Waals surface area contributed by atoms with Gasteiger partial charge in [-0.1, -0.05) is 0 Å². The normalized spacial score (nSPS) is 12.1. The lowest BCUT2D eigenvalue weighted by atomic mass is 10.2. The minimum Gasteiger partial charge on any atom is -0.503 e. The summed E-state index contributed by atoms with van der Waals surface area (Å²) in [5, 5.41) is 16.2. The van der Waals surface area contributed by atoms with Crippen molar-refractivity contribution >= 4 is 34.0 Å². The number of nitrogens with one attached hydrogen (secondary N) is 2. The second-order valence-corrected chi connectivity index (χ2v) is 6.68. The highest BCUT2D eigenvalue weighted by Gasteiger charge is 2.16. The first-order chi connectivity index (χ1) is 14.0. The smallest absolute Gasteiger partial charge is 0.259 e. The summed E-state index contributed by atoms with van der Waals surface area (Å²) in [5.74, 6) is 0.412. The van der Waals surface area contributed by atoms with Crippen molar-refractivity contribution in [2.75, 3.05) is 19.9 Å². The van der Waals surface area contributed by atoms with Crippen molar-refractivity contribution < 1.29 is 28.9 Å². The van der Waals surface area contributed by atoms with Gasteiger partial charge in [-0.05, 0) is 58.7 Å². The molecule has 2 aromatic carbocycles. The summed E-state index contributed by atoms with van der Waals surface area (Å²) >= 11 is 3.23. The van der Waals surface area contributed by atoms with E-state index in [2.05, 4.69) is 31.8 Å². The summed E-state index contributed by atoms with van der Waals surface area (Å²) in [6.45, 7) is 2.05. The first-order valence-electron chi connectivity index (χ1n) is 8.63. The van der Waals surface area contributed by atoms with Gasteiger partial charge in [0.15, 0.2) is 23.0 Å². The van der Waals surface area contributed by atoms with Crippen LogP contribution in [0.15, 0.2) is 39.9 Å². The van der Waals surface area contributed by atoms with Gasteiger partial charge in [0.1, 0.15) is 0 Å². The zero-order valence-electron chi connectivity index (χ0n) is 15.4. The Morgan fingerprint density at radius 2 is 2.07 bits per heavy atom. The molecule has 0 aliphatic carbocycles. The molecule has 0 bridgehead atoms. The SMILES string of the molecule is CCOc1cc(C=NNC(=O)CNC(=O)c2ccc3c(c2)OCO3)cc(Br)c1O. The van der Waals surface area contributed by atoms with Gasteiger partial charge in [-0.3, -0.25) is 9.59 Å². The van der Waals surface area contributed by atoms with Gasteiger partial charge < -0.3 is 24.6 Å². The summed E-state index contributed by atoms with van der Waals surface area (Å²) in [4.78, 5) is 24.0. The number of aromatic hydroxyl groups is 1. The molecule has 0 aromatic heterocycles. The predicted octanol–water partition coefficient (Wildman–Crippen LogP) is 2.16. The van der Waals surface area contributed by atoms with Crippen LogP contribution in [-0.4, -0.2) is 43.1 Å². The van der Waals surface area contributed by atoms with Gasteiger partial charge in [-0.2, -0.15) is 5.10 Å². The number of ether oxygens (including phenoxy) is 3. The summed E-state index contributed by atoms with van der Waals surface area (Å²) in [6.07, 6.45) is 1.39. The lowest BCUT2D eigenvalue weighted by Crippen LogP contribution is -2.34. The molecule has 0 saturated heterocycles. The Morgan fingerprint density at radius 1 is 1.28 bits per heavy atom. The molecule has 0 unspecified atom stereocenters. The molecule has 1 aliphatic heterocycles. The first kappa shape index (κ1) is 20.5. The first-order valence-corrected chi connectivity index (χ1v) is 9.42. The number of phenolic OH excluding ortho intramolecular Hbond substituents is 1. The number of hydrogen-bond donors (Lipinski definition) is 3. The number of carbonyl (C=O) groups excluding carboxylic acids is 2. The highest BCUT2D eigenvalue weighted by molar-refractivity contribution is 9.10. The molecule has 0 saturated carbocycles. The lowest BCUT2D eigenvalue weighted by molar-refractivity contribution is -0.120. The summed E-state index contributed by atoms with van der Waals surface area (Å²) < 4.78 is 16.2. The Bertz CT molecular complexity index is 963. The molecule has 10 heteroatoms. The monoisotopic (exact) mass is 463 g/mol. The Morgan fingerprint density at radius 3 is 2.86 bits per heavy atom. The molecular weight excluding hydrogens is 446 g/mol. The minimum atomic E-state index is -0.502. The Kier molecular flexibility index (Phi) is 6.55. The fourth-order valence-electron chi connectivity index (χ4n) is 2.45. The van der Waals surface area contributed by atoms with Crippen LogP contribution in [0, 0.1) is 0 Å². The van der Waals surface area contributed by atoms with Crippen LogP contribution in [0.25, 0.3) is 0 Å². The van der Waals surface area contributed by atoms with Crippen molar-refractivity contribution in [3.63, 3.8) is 0 Å². The number of phenols is 1. The molecule has 152 valence electrons. The van der Waals surface area contributed by atoms with Crippen molar-refractivity contribution in [3.05, 3.63) is 45.9 Å². The number of halogens is 1. The minimum absolute atomic E-state index is 0.0146. The van der Waals surface area contributed by atoms with Crippen LogP contribution in [0.3, 0.4) is 0 Å². The van der Waals surface area contributed by atoms with Gasteiger partial charge in [-0.25, -0.2) is 5.43 Å². The number of benzene rings is 2. The van der Waals surface area contributed by atoms with Gasteiger partial charge in [0, 0.05) is 5.56 Å². The molecule has 0 fully saturated rings. The molecule has 2 amide bonds. The molecule has 0 atom stereocenters. The van der Waals surface area contributed by atoms with Crippen LogP contribution in [0.1, 0.15) is 22.8 Å². The summed E-state index contributed by atoms with van der Waals surface area (Å²) in [5.41, 5.74) is 3.27. The van der Waals surface area contributed by atoms with Crippen LogP contribution in [-0.2, 0) is 4.79 Å². The third kappa shape index (κ3) is 5.17. The molecule has 9 nitrogen and oxygen atoms in total. The molecule has 3 N–H and O–H groups in total. The molecular formula is C19H18BrN3O6. The number of hydrazone groups is 1. The van der Waals surface area contributed by atoms with Crippen molar-refractivity contribution in [1.82, 2.24) is 10.7 Å². The third-order valence-corrected chi connectivity index (χ3v) is 4.40. The van der Waals surface area contributed by atoms with Crippen LogP contribution in [0.4, 0.5) is 0 Å². The molecule has 29 heavy (non-hydrogen) atoms. The van der Waals surface area contributed by atoms with Crippen LogP contribution in [0.2, 0.25) is 0 Å². The van der Waals surface area contributed by atoms with Gasteiger partial charge in [0.25, 0.3) is 11.8 Å². The van der Waals surface area contributed by atoms with Gasteiger partial charge >= 0.3 is 0 Å². The number of rotatable bonds is 7. The van der Waals surface area contributed by atoms with E-state index in [1.165, 1.54) is 6.21 Å². The average Bonchev–Trinajstić information content (AvgIpc) is 3.18. The van der Waals surface area contributed by atoms with E-state index >= 15 is 0 Å².